The van der Waals surface area contributed by atoms with E-state index in [0.717, 1.165) is 11.1 Å². The Morgan fingerprint density at radius 2 is 1.55 bits per heavy atom. The molecule has 29 heavy (non-hydrogen) atoms. The fourth-order valence-electron chi connectivity index (χ4n) is 2.86. The van der Waals surface area contributed by atoms with E-state index < -0.39 is 17.6 Å². The number of rotatable bonds is 6. The molecule has 150 valence electrons. The summed E-state index contributed by atoms with van der Waals surface area (Å²) < 4.78 is 19.7. The number of esters is 1. The summed E-state index contributed by atoms with van der Waals surface area (Å²) in [6.07, 6.45) is 0.154. The van der Waals surface area contributed by atoms with Gasteiger partial charge in [0, 0.05) is 22.4 Å². The predicted octanol–water partition coefficient (Wildman–Crippen LogP) is 5.68. The number of nitrogens with zero attached hydrogens (tertiary/aromatic N) is 1. The summed E-state index contributed by atoms with van der Waals surface area (Å²) >= 11 is 1.28. The second-order valence-corrected chi connectivity index (χ2v) is 8.66. The minimum absolute atomic E-state index is 0.154. The number of hydrogen-bond donors (Lipinski definition) is 0. The van der Waals surface area contributed by atoms with Crippen LogP contribution in [0.2, 0.25) is 0 Å². The summed E-state index contributed by atoms with van der Waals surface area (Å²) in [6, 6.07) is 19.9. The smallest absolute Gasteiger partial charge is 0.331 e. The molecule has 1 unspecified atom stereocenters. The van der Waals surface area contributed by atoms with Crippen LogP contribution >= 0.6 is 11.3 Å². The third kappa shape index (κ3) is 5.84. The van der Waals surface area contributed by atoms with Crippen molar-refractivity contribution in [3.8, 4) is 0 Å². The minimum atomic E-state index is -0.849. The Bertz CT molecular complexity index is 933. The normalized spacial score (nSPS) is 12.3. The first-order valence-electron chi connectivity index (χ1n) is 9.47. The van der Waals surface area contributed by atoms with E-state index in [2.05, 4.69) is 0 Å². The van der Waals surface area contributed by atoms with Crippen LogP contribution in [0.4, 0.5) is 4.39 Å². The average Bonchev–Trinajstić information content (AvgIpc) is 3.09. The lowest BCUT2D eigenvalue weighted by atomic mass is 10.0. The standard InChI is InChI=1S/C24H24FNO2S/c1-24(2,3)28-23(27)20(16-21-19(25)14-15-29-21)26-22(17-10-6-4-7-11-17)18-12-8-5-9-13-18/h4-15,20H,16H2,1-3H3. The van der Waals surface area contributed by atoms with Gasteiger partial charge in [0.25, 0.3) is 0 Å². The van der Waals surface area contributed by atoms with E-state index in [9.17, 15) is 9.18 Å². The summed E-state index contributed by atoms with van der Waals surface area (Å²) in [5, 5.41) is 1.68. The maximum atomic E-state index is 14.1. The van der Waals surface area contributed by atoms with Crippen molar-refractivity contribution in [3.05, 3.63) is 93.9 Å². The number of hydrogen-bond acceptors (Lipinski definition) is 4. The van der Waals surface area contributed by atoms with E-state index in [-0.39, 0.29) is 12.2 Å². The Hall–Kier alpha value is -2.79. The lowest BCUT2D eigenvalue weighted by Crippen LogP contribution is -2.33. The molecule has 0 aliphatic rings. The summed E-state index contributed by atoms with van der Waals surface area (Å²) in [5.74, 6) is -0.783. The molecule has 0 aliphatic carbocycles. The van der Waals surface area contributed by atoms with E-state index in [4.69, 9.17) is 9.73 Å². The highest BCUT2D eigenvalue weighted by Gasteiger charge is 2.27. The van der Waals surface area contributed by atoms with Gasteiger partial charge in [0.15, 0.2) is 6.04 Å². The zero-order valence-corrected chi connectivity index (χ0v) is 17.6. The Balaban J connectivity index is 2.06. The second-order valence-electron chi connectivity index (χ2n) is 7.65. The quantitative estimate of drug-likeness (QED) is 0.388. The minimum Gasteiger partial charge on any atom is -0.458 e. The number of halogens is 1. The van der Waals surface area contributed by atoms with Crippen molar-refractivity contribution in [3.63, 3.8) is 0 Å². The molecule has 0 spiro atoms. The van der Waals surface area contributed by atoms with Crippen molar-refractivity contribution in [2.45, 2.75) is 38.8 Å². The van der Waals surface area contributed by atoms with Crippen LogP contribution in [-0.2, 0) is 16.0 Å². The van der Waals surface area contributed by atoms with E-state index >= 15 is 0 Å². The zero-order valence-electron chi connectivity index (χ0n) is 16.8. The van der Waals surface area contributed by atoms with E-state index in [1.807, 2.05) is 81.4 Å². The number of carbonyl (C=O) groups excluding carboxylic acids is 1. The molecule has 0 saturated heterocycles. The SMILES string of the molecule is CC(C)(C)OC(=O)C(Cc1sccc1F)N=C(c1ccccc1)c1ccccc1. The summed E-state index contributed by atoms with van der Waals surface area (Å²) in [5.41, 5.74) is 1.80. The highest BCUT2D eigenvalue weighted by molar-refractivity contribution is 7.09. The lowest BCUT2D eigenvalue weighted by Gasteiger charge is -2.23. The third-order valence-electron chi connectivity index (χ3n) is 4.13. The Morgan fingerprint density at radius 1 is 1.00 bits per heavy atom. The van der Waals surface area contributed by atoms with Crippen LogP contribution in [0.5, 0.6) is 0 Å². The molecule has 3 rings (SSSR count). The predicted molar refractivity (Wildman–Crippen MR) is 116 cm³/mol. The zero-order chi connectivity index (χ0) is 20.9. The van der Waals surface area contributed by atoms with Gasteiger partial charge >= 0.3 is 5.97 Å². The Labute approximate surface area is 174 Å². The molecule has 0 bridgehead atoms. The van der Waals surface area contributed by atoms with Gasteiger partial charge in [0.2, 0.25) is 0 Å². The number of thiophene rings is 1. The van der Waals surface area contributed by atoms with Crippen molar-refractivity contribution in [1.29, 1.82) is 0 Å². The van der Waals surface area contributed by atoms with Crippen LogP contribution in [0, 0.1) is 5.82 Å². The molecule has 2 aromatic carbocycles. The first-order chi connectivity index (χ1) is 13.8. The van der Waals surface area contributed by atoms with Crippen LogP contribution in [0.3, 0.4) is 0 Å². The van der Waals surface area contributed by atoms with Gasteiger partial charge in [-0.15, -0.1) is 11.3 Å². The highest BCUT2D eigenvalue weighted by atomic mass is 32.1. The monoisotopic (exact) mass is 409 g/mol. The maximum absolute atomic E-state index is 14.1. The van der Waals surface area contributed by atoms with Gasteiger partial charge in [0.1, 0.15) is 11.4 Å². The van der Waals surface area contributed by atoms with E-state index in [0.29, 0.717) is 10.6 Å². The van der Waals surface area contributed by atoms with Crippen molar-refractivity contribution < 1.29 is 13.9 Å². The van der Waals surface area contributed by atoms with Crippen molar-refractivity contribution in [1.82, 2.24) is 0 Å². The molecule has 3 aromatic rings. The summed E-state index contributed by atoms with van der Waals surface area (Å²) in [4.78, 5) is 18.2. The van der Waals surface area contributed by atoms with Crippen LogP contribution < -0.4 is 0 Å². The van der Waals surface area contributed by atoms with Gasteiger partial charge < -0.3 is 4.74 Å². The van der Waals surface area contributed by atoms with Crippen LogP contribution in [-0.4, -0.2) is 23.3 Å². The lowest BCUT2D eigenvalue weighted by molar-refractivity contribution is -0.156. The highest BCUT2D eigenvalue weighted by Crippen LogP contribution is 2.22. The fraction of sp³-hybridized carbons (Fsp3) is 0.250. The second kappa shape index (κ2) is 9.14. The van der Waals surface area contributed by atoms with Crippen LogP contribution in [0.1, 0.15) is 36.8 Å². The van der Waals surface area contributed by atoms with Gasteiger partial charge in [0.05, 0.1) is 5.71 Å². The first kappa shape index (κ1) is 20.9. The average molecular weight is 410 g/mol. The topological polar surface area (TPSA) is 38.7 Å². The number of benzene rings is 2. The van der Waals surface area contributed by atoms with Gasteiger partial charge in [-0.2, -0.15) is 0 Å². The third-order valence-corrected chi connectivity index (χ3v) is 5.05. The van der Waals surface area contributed by atoms with Gasteiger partial charge in [-0.3, -0.25) is 4.99 Å². The molecule has 0 N–H and O–H groups in total. The van der Waals surface area contributed by atoms with Gasteiger partial charge in [-0.05, 0) is 32.2 Å². The number of ether oxygens (including phenoxy) is 1. The first-order valence-corrected chi connectivity index (χ1v) is 10.3. The molecular formula is C24H24FNO2S. The van der Waals surface area contributed by atoms with Crippen molar-refractivity contribution in [2.75, 3.05) is 0 Å². The maximum Gasteiger partial charge on any atom is 0.331 e. The molecule has 0 amide bonds. The summed E-state index contributed by atoms with van der Waals surface area (Å²) in [7, 11) is 0. The molecule has 0 saturated carbocycles. The molecule has 0 aliphatic heterocycles. The molecular weight excluding hydrogens is 385 g/mol. The van der Waals surface area contributed by atoms with Gasteiger partial charge in [-0.25, -0.2) is 9.18 Å². The molecule has 0 radical (unpaired) electrons. The van der Waals surface area contributed by atoms with Crippen molar-refractivity contribution >= 4 is 23.0 Å². The largest absolute Gasteiger partial charge is 0.458 e. The Kier molecular flexibility index (Phi) is 6.60. The molecule has 0 fully saturated rings. The summed E-state index contributed by atoms with van der Waals surface area (Å²) in [6.45, 7) is 5.44. The van der Waals surface area contributed by atoms with E-state index in [1.165, 1.54) is 17.4 Å². The van der Waals surface area contributed by atoms with Crippen molar-refractivity contribution in [2.24, 2.45) is 4.99 Å². The fourth-order valence-corrected chi connectivity index (χ4v) is 3.65. The van der Waals surface area contributed by atoms with Crippen LogP contribution in [0.15, 0.2) is 77.1 Å². The molecule has 1 atom stereocenters. The van der Waals surface area contributed by atoms with Gasteiger partial charge in [-0.1, -0.05) is 60.7 Å². The Morgan fingerprint density at radius 3 is 2.00 bits per heavy atom. The number of aliphatic imine (C=N–C) groups is 1. The van der Waals surface area contributed by atoms with E-state index in [1.54, 1.807) is 5.38 Å². The molecule has 1 heterocycles. The molecule has 5 heteroatoms. The number of carbonyl (C=O) groups is 1. The molecule has 1 aromatic heterocycles. The van der Waals surface area contributed by atoms with Crippen LogP contribution in [0.25, 0.3) is 0 Å². The molecule has 3 nitrogen and oxygen atoms in total.